The van der Waals surface area contributed by atoms with E-state index in [0.717, 1.165) is 20.4 Å². The molecule has 0 spiro atoms. The van der Waals surface area contributed by atoms with Gasteiger partial charge in [0.05, 0.1) is 5.69 Å². The molecule has 2 aromatic carbocycles. The van der Waals surface area contributed by atoms with Crippen LogP contribution in [0.1, 0.15) is 23.4 Å². The number of hydrogen-bond donors (Lipinski definition) is 1. The Morgan fingerprint density at radius 2 is 1.85 bits per heavy atom. The molecule has 0 aliphatic carbocycles. The largest absolute Gasteiger partial charge is 0.352 e. The number of rotatable bonds is 7. The number of nitrogens with one attached hydrogen (secondary N) is 1. The summed E-state index contributed by atoms with van der Waals surface area (Å²) in [6.45, 7) is 2.22. The topological polar surface area (TPSA) is 125 Å². The van der Waals surface area contributed by atoms with Crippen molar-refractivity contribution in [2.24, 2.45) is 7.05 Å². The maximum Gasteiger partial charge on any atom is 0.351 e. The lowest BCUT2D eigenvalue weighted by molar-refractivity contribution is -0.121. The van der Waals surface area contributed by atoms with Gasteiger partial charge in [-0.1, -0.05) is 52.7 Å². The Bertz CT molecular complexity index is 1460. The molecule has 1 amide bonds. The van der Waals surface area contributed by atoms with Crippen LogP contribution in [0.15, 0.2) is 62.6 Å². The number of amides is 1. The number of carbonyl (C=O) groups is 1. The quantitative estimate of drug-likeness (QED) is 0.429. The molecule has 2 heterocycles. The Balaban J connectivity index is 1.49. The maximum absolute atomic E-state index is 12.6. The lowest BCUT2D eigenvalue weighted by Gasteiger charge is -2.08. The van der Waals surface area contributed by atoms with Crippen LogP contribution in [-0.2, 0) is 24.8 Å². The van der Waals surface area contributed by atoms with Crippen LogP contribution in [0.5, 0.6) is 0 Å². The van der Waals surface area contributed by atoms with Crippen LogP contribution in [0.25, 0.3) is 17.2 Å². The molecule has 0 saturated carbocycles. The molecular formula is C23H21ClN6O4. The van der Waals surface area contributed by atoms with E-state index in [1.165, 1.54) is 7.05 Å². The highest BCUT2D eigenvalue weighted by Gasteiger charge is 2.19. The monoisotopic (exact) mass is 480 g/mol. The molecule has 0 unspecified atom stereocenters. The Morgan fingerprint density at radius 1 is 1.12 bits per heavy atom. The van der Waals surface area contributed by atoms with Crippen LogP contribution in [0.2, 0.25) is 5.02 Å². The number of aromatic nitrogens is 5. The molecule has 0 bridgehead atoms. The third-order valence-electron chi connectivity index (χ3n) is 5.13. The second kappa shape index (κ2) is 9.84. The highest BCUT2D eigenvalue weighted by Crippen LogP contribution is 2.15. The zero-order valence-corrected chi connectivity index (χ0v) is 19.2. The van der Waals surface area contributed by atoms with E-state index in [4.69, 9.17) is 16.1 Å². The summed E-state index contributed by atoms with van der Waals surface area (Å²) in [7, 11) is 1.35. The molecule has 1 N–H and O–H groups in total. The van der Waals surface area contributed by atoms with Gasteiger partial charge in [-0.3, -0.25) is 14.2 Å². The van der Waals surface area contributed by atoms with Crippen LogP contribution in [0, 0.1) is 6.92 Å². The molecule has 4 rings (SSSR count). The van der Waals surface area contributed by atoms with Gasteiger partial charge in [0.15, 0.2) is 5.69 Å². The molecule has 0 aliphatic heterocycles. The van der Waals surface area contributed by atoms with Crippen LogP contribution in [0.3, 0.4) is 0 Å². The van der Waals surface area contributed by atoms with Crippen LogP contribution in [0.4, 0.5) is 0 Å². The summed E-state index contributed by atoms with van der Waals surface area (Å²) in [6, 6.07) is 14.3. The molecule has 0 radical (unpaired) electrons. The maximum atomic E-state index is 12.6. The molecular weight excluding hydrogens is 460 g/mol. The van der Waals surface area contributed by atoms with Crippen molar-refractivity contribution in [3.8, 4) is 17.2 Å². The Labute approximate surface area is 198 Å². The van der Waals surface area contributed by atoms with Crippen molar-refractivity contribution < 1.29 is 9.32 Å². The van der Waals surface area contributed by atoms with Gasteiger partial charge in [0.25, 0.3) is 5.56 Å². The predicted octanol–water partition coefficient (Wildman–Crippen LogP) is 2.19. The van der Waals surface area contributed by atoms with Gasteiger partial charge in [-0.15, -0.1) is 0 Å². The molecule has 34 heavy (non-hydrogen) atoms. The van der Waals surface area contributed by atoms with Crippen molar-refractivity contribution in [3.63, 3.8) is 0 Å². The number of carbonyl (C=O) groups excluding carboxylic acids is 1. The fourth-order valence-corrected chi connectivity index (χ4v) is 3.37. The van der Waals surface area contributed by atoms with Crippen LogP contribution in [-0.4, -0.2) is 30.4 Å². The van der Waals surface area contributed by atoms with Gasteiger partial charge in [0.1, 0.15) is 0 Å². The lowest BCUT2D eigenvalue weighted by Crippen LogP contribution is -2.40. The van der Waals surface area contributed by atoms with Crippen molar-refractivity contribution >= 4 is 17.5 Å². The van der Waals surface area contributed by atoms with E-state index in [2.05, 4.69) is 20.6 Å². The van der Waals surface area contributed by atoms with E-state index in [-0.39, 0.29) is 36.2 Å². The first-order chi connectivity index (χ1) is 16.3. The van der Waals surface area contributed by atoms with Crippen molar-refractivity contribution in [2.75, 3.05) is 0 Å². The first kappa shape index (κ1) is 23.1. The van der Waals surface area contributed by atoms with Gasteiger partial charge < -0.3 is 9.84 Å². The Kier molecular flexibility index (Phi) is 6.69. The van der Waals surface area contributed by atoms with E-state index in [1.54, 1.807) is 18.2 Å². The highest BCUT2D eigenvalue weighted by molar-refractivity contribution is 6.31. The van der Waals surface area contributed by atoms with Crippen LogP contribution < -0.4 is 16.6 Å². The first-order valence-electron chi connectivity index (χ1n) is 10.4. The molecule has 0 aliphatic rings. The average molecular weight is 481 g/mol. The van der Waals surface area contributed by atoms with Gasteiger partial charge in [-0.25, -0.2) is 4.79 Å². The third kappa shape index (κ3) is 4.96. The summed E-state index contributed by atoms with van der Waals surface area (Å²) in [4.78, 5) is 41.6. The normalized spacial score (nSPS) is 10.9. The van der Waals surface area contributed by atoms with Crippen molar-refractivity contribution in [3.05, 3.63) is 91.4 Å². The molecule has 2 aromatic heterocycles. The third-order valence-corrected chi connectivity index (χ3v) is 5.50. The molecule has 10 nitrogen and oxygen atoms in total. The standard InChI is InChI=1S/C23H21ClN6O4/c1-14-7-9-16(10-8-14)30-23(33)29(2)22(32)20(27-30)21-26-19(34-28-21)12-11-18(31)25-13-15-5-3-4-6-17(15)24/h3-10H,11-13H2,1-2H3,(H,25,31). The van der Waals surface area contributed by atoms with Gasteiger partial charge in [0, 0.05) is 31.5 Å². The number of halogens is 1. The Hall–Kier alpha value is -4.05. The number of benzene rings is 2. The van der Waals surface area contributed by atoms with Crippen molar-refractivity contribution in [1.29, 1.82) is 0 Å². The molecule has 0 saturated heterocycles. The molecule has 174 valence electrons. The summed E-state index contributed by atoms with van der Waals surface area (Å²) >= 11 is 6.09. The summed E-state index contributed by atoms with van der Waals surface area (Å²) in [5.74, 6) is -0.116. The predicted molar refractivity (Wildman–Crippen MR) is 125 cm³/mol. The number of nitrogens with zero attached hydrogens (tertiary/aromatic N) is 5. The molecule has 0 atom stereocenters. The van der Waals surface area contributed by atoms with E-state index < -0.39 is 11.2 Å². The SMILES string of the molecule is Cc1ccc(-n2nc(-c3noc(CCC(=O)NCc4ccccc4Cl)n3)c(=O)n(C)c2=O)cc1. The summed E-state index contributed by atoms with van der Waals surface area (Å²) in [5, 5.41) is 11.4. The minimum atomic E-state index is -0.654. The summed E-state index contributed by atoms with van der Waals surface area (Å²) in [5.41, 5.74) is 0.922. The lowest BCUT2D eigenvalue weighted by atomic mass is 10.2. The van der Waals surface area contributed by atoms with Crippen molar-refractivity contribution in [1.82, 2.24) is 29.8 Å². The smallest absolute Gasteiger partial charge is 0.351 e. The summed E-state index contributed by atoms with van der Waals surface area (Å²) in [6.07, 6.45) is 0.264. The van der Waals surface area contributed by atoms with Gasteiger partial charge in [-0.05, 0) is 30.7 Å². The van der Waals surface area contributed by atoms with E-state index in [9.17, 15) is 14.4 Å². The van der Waals surface area contributed by atoms with Gasteiger partial charge in [0.2, 0.25) is 17.6 Å². The van der Waals surface area contributed by atoms with E-state index in [0.29, 0.717) is 17.3 Å². The molecule has 0 fully saturated rings. The number of aryl methyl sites for hydroxylation is 2. The second-order valence-electron chi connectivity index (χ2n) is 7.62. The minimum Gasteiger partial charge on any atom is -0.352 e. The van der Waals surface area contributed by atoms with Crippen LogP contribution >= 0.6 is 11.6 Å². The van der Waals surface area contributed by atoms with E-state index >= 15 is 0 Å². The zero-order valence-electron chi connectivity index (χ0n) is 18.5. The zero-order chi connectivity index (χ0) is 24.2. The average Bonchev–Trinajstić information content (AvgIpc) is 3.30. The minimum absolute atomic E-state index is 0.0621. The second-order valence-corrected chi connectivity index (χ2v) is 8.03. The number of hydrogen-bond acceptors (Lipinski definition) is 7. The highest BCUT2D eigenvalue weighted by atomic mass is 35.5. The fourth-order valence-electron chi connectivity index (χ4n) is 3.16. The van der Waals surface area contributed by atoms with Gasteiger partial charge >= 0.3 is 5.69 Å². The molecule has 4 aromatic rings. The fraction of sp³-hybridized carbons (Fsp3) is 0.217. The van der Waals surface area contributed by atoms with Gasteiger partial charge in [-0.2, -0.15) is 14.8 Å². The summed E-state index contributed by atoms with van der Waals surface area (Å²) < 4.78 is 7.24. The Morgan fingerprint density at radius 3 is 2.59 bits per heavy atom. The van der Waals surface area contributed by atoms with E-state index in [1.807, 2.05) is 37.3 Å². The van der Waals surface area contributed by atoms with Crippen molar-refractivity contribution in [2.45, 2.75) is 26.3 Å². The molecule has 11 heteroatoms. The first-order valence-corrected chi connectivity index (χ1v) is 10.8.